The fourth-order valence-electron chi connectivity index (χ4n) is 4.14. The molecule has 2 aromatic rings. The van der Waals surface area contributed by atoms with Crippen molar-refractivity contribution >= 4 is 40.7 Å². The van der Waals surface area contributed by atoms with Crippen LogP contribution in [0.15, 0.2) is 64.3 Å². The second kappa shape index (κ2) is 9.86. The van der Waals surface area contributed by atoms with Crippen LogP contribution in [0.1, 0.15) is 41.9 Å². The van der Waals surface area contributed by atoms with E-state index >= 15 is 0 Å². The van der Waals surface area contributed by atoms with E-state index in [0.717, 1.165) is 35.2 Å². The molecule has 0 aromatic heterocycles. The number of ketones is 1. The SMILES string of the molecule is Cc1ccc([C@@H]2C(C#N)=C(SCC(=O)Nc3ccc(C)c(Cl)c3)NC3=C2C(=O)CCC3)cc1. The summed E-state index contributed by atoms with van der Waals surface area (Å²) in [6, 6.07) is 15.6. The third kappa shape index (κ3) is 5.00. The summed E-state index contributed by atoms with van der Waals surface area (Å²) in [5.41, 5.74) is 5.62. The van der Waals surface area contributed by atoms with Crippen LogP contribution in [0.25, 0.3) is 0 Å². The van der Waals surface area contributed by atoms with Gasteiger partial charge in [0.05, 0.1) is 28.3 Å². The third-order valence-corrected chi connectivity index (χ3v) is 7.30. The number of anilines is 1. The molecule has 0 spiro atoms. The number of amides is 1. The van der Waals surface area contributed by atoms with Gasteiger partial charge >= 0.3 is 0 Å². The zero-order valence-corrected chi connectivity index (χ0v) is 20.1. The summed E-state index contributed by atoms with van der Waals surface area (Å²) in [6.07, 6.45) is 2.02. The van der Waals surface area contributed by atoms with E-state index in [1.807, 2.05) is 44.2 Å². The van der Waals surface area contributed by atoms with Gasteiger partial charge in [0.25, 0.3) is 0 Å². The molecule has 0 saturated carbocycles. The molecule has 7 heteroatoms. The summed E-state index contributed by atoms with van der Waals surface area (Å²) in [5, 5.41) is 17.5. The number of aryl methyl sites for hydroxylation is 2. The number of allylic oxidation sites excluding steroid dienone is 3. The van der Waals surface area contributed by atoms with Crippen molar-refractivity contribution in [1.82, 2.24) is 5.32 Å². The van der Waals surface area contributed by atoms with Crippen molar-refractivity contribution in [3.63, 3.8) is 0 Å². The lowest BCUT2D eigenvalue weighted by Crippen LogP contribution is -2.31. The molecule has 0 fully saturated rings. The number of nitriles is 1. The van der Waals surface area contributed by atoms with E-state index in [9.17, 15) is 14.9 Å². The van der Waals surface area contributed by atoms with E-state index in [2.05, 4.69) is 16.7 Å². The molecule has 1 heterocycles. The van der Waals surface area contributed by atoms with E-state index in [0.29, 0.717) is 33.3 Å². The number of carbonyl (C=O) groups is 2. The van der Waals surface area contributed by atoms with Crippen LogP contribution in [0.5, 0.6) is 0 Å². The molecule has 1 amide bonds. The molecule has 33 heavy (non-hydrogen) atoms. The highest BCUT2D eigenvalue weighted by molar-refractivity contribution is 8.03. The summed E-state index contributed by atoms with van der Waals surface area (Å²) < 4.78 is 0. The highest BCUT2D eigenvalue weighted by Crippen LogP contribution is 2.44. The Bertz CT molecular complexity index is 1230. The first kappa shape index (κ1) is 23.2. The van der Waals surface area contributed by atoms with Crippen LogP contribution in [0, 0.1) is 25.2 Å². The topological polar surface area (TPSA) is 82.0 Å². The van der Waals surface area contributed by atoms with Gasteiger partial charge in [-0.25, -0.2) is 0 Å². The molecule has 168 valence electrons. The number of dihydropyridines is 1. The van der Waals surface area contributed by atoms with E-state index in [1.54, 1.807) is 12.1 Å². The molecule has 2 aliphatic rings. The minimum Gasteiger partial charge on any atom is -0.352 e. The van der Waals surface area contributed by atoms with Crippen LogP contribution in [-0.4, -0.2) is 17.4 Å². The highest BCUT2D eigenvalue weighted by atomic mass is 35.5. The predicted molar refractivity (Wildman–Crippen MR) is 133 cm³/mol. The van der Waals surface area contributed by atoms with Crippen molar-refractivity contribution in [3.05, 3.63) is 86.0 Å². The molecule has 1 aliphatic carbocycles. The van der Waals surface area contributed by atoms with Gasteiger partial charge in [0.1, 0.15) is 0 Å². The first-order chi connectivity index (χ1) is 15.9. The van der Waals surface area contributed by atoms with Crippen molar-refractivity contribution < 1.29 is 9.59 Å². The molecular formula is C26H24ClN3O2S. The summed E-state index contributed by atoms with van der Waals surface area (Å²) in [7, 11) is 0. The zero-order chi connectivity index (χ0) is 23.5. The number of nitrogens with one attached hydrogen (secondary N) is 2. The Labute approximate surface area is 202 Å². The van der Waals surface area contributed by atoms with Gasteiger partial charge in [0.2, 0.25) is 5.91 Å². The van der Waals surface area contributed by atoms with E-state index < -0.39 is 5.92 Å². The first-order valence-electron chi connectivity index (χ1n) is 10.8. The minimum absolute atomic E-state index is 0.0834. The van der Waals surface area contributed by atoms with E-state index in [4.69, 9.17) is 11.6 Å². The van der Waals surface area contributed by atoms with E-state index in [1.165, 1.54) is 11.8 Å². The molecule has 0 unspecified atom stereocenters. The number of hydrogen-bond acceptors (Lipinski definition) is 5. The number of thioether (sulfide) groups is 1. The van der Waals surface area contributed by atoms with Gasteiger partial charge in [-0.2, -0.15) is 5.26 Å². The van der Waals surface area contributed by atoms with Crippen LogP contribution in [0.2, 0.25) is 5.02 Å². The van der Waals surface area contributed by atoms with Crippen molar-refractivity contribution in [2.24, 2.45) is 0 Å². The van der Waals surface area contributed by atoms with Gasteiger partial charge in [-0.3, -0.25) is 9.59 Å². The summed E-state index contributed by atoms with van der Waals surface area (Å²) in [6.45, 7) is 3.91. The van der Waals surface area contributed by atoms with Gasteiger partial charge in [-0.05, 0) is 49.9 Å². The lowest BCUT2D eigenvalue weighted by molar-refractivity contribution is -0.116. The maximum Gasteiger partial charge on any atom is 0.234 e. The number of benzene rings is 2. The Morgan fingerprint density at radius 1 is 1.21 bits per heavy atom. The molecule has 0 radical (unpaired) electrons. The van der Waals surface area contributed by atoms with Crippen molar-refractivity contribution in [2.45, 2.75) is 39.0 Å². The van der Waals surface area contributed by atoms with Gasteiger partial charge in [0, 0.05) is 28.4 Å². The molecule has 5 nitrogen and oxygen atoms in total. The Hall–Kier alpha value is -3.01. The Kier molecular flexibility index (Phi) is 6.92. The monoisotopic (exact) mass is 477 g/mol. The quantitative estimate of drug-likeness (QED) is 0.572. The van der Waals surface area contributed by atoms with Gasteiger partial charge in [-0.1, -0.05) is 59.3 Å². The Morgan fingerprint density at radius 3 is 2.67 bits per heavy atom. The normalized spacial score (nSPS) is 17.9. The average Bonchev–Trinajstić information content (AvgIpc) is 2.80. The Morgan fingerprint density at radius 2 is 1.97 bits per heavy atom. The van der Waals surface area contributed by atoms with Crippen LogP contribution in [0.4, 0.5) is 5.69 Å². The second-order valence-corrected chi connectivity index (χ2v) is 9.69. The van der Waals surface area contributed by atoms with Crippen molar-refractivity contribution in [2.75, 3.05) is 11.1 Å². The van der Waals surface area contributed by atoms with Crippen LogP contribution in [0.3, 0.4) is 0 Å². The fraction of sp³-hybridized carbons (Fsp3) is 0.269. The summed E-state index contributed by atoms with van der Waals surface area (Å²) in [5.74, 6) is -0.407. The number of hydrogen-bond donors (Lipinski definition) is 2. The molecule has 1 atom stereocenters. The Balaban J connectivity index is 1.59. The van der Waals surface area contributed by atoms with Gasteiger partial charge < -0.3 is 10.6 Å². The first-order valence-corrected chi connectivity index (χ1v) is 12.2. The van der Waals surface area contributed by atoms with Crippen LogP contribution < -0.4 is 10.6 Å². The molecular weight excluding hydrogens is 454 g/mol. The lowest BCUT2D eigenvalue weighted by atomic mass is 9.77. The zero-order valence-electron chi connectivity index (χ0n) is 18.5. The molecule has 0 saturated heterocycles. The van der Waals surface area contributed by atoms with Crippen molar-refractivity contribution in [1.29, 1.82) is 5.26 Å². The number of nitrogens with zero attached hydrogens (tertiary/aromatic N) is 1. The largest absolute Gasteiger partial charge is 0.352 e. The summed E-state index contributed by atoms with van der Waals surface area (Å²) >= 11 is 7.43. The predicted octanol–water partition coefficient (Wildman–Crippen LogP) is 5.76. The molecule has 2 N–H and O–H groups in total. The van der Waals surface area contributed by atoms with Crippen molar-refractivity contribution in [3.8, 4) is 6.07 Å². The third-order valence-electron chi connectivity index (χ3n) is 5.88. The maximum absolute atomic E-state index is 12.9. The molecule has 4 rings (SSSR count). The minimum atomic E-state index is -0.416. The van der Waals surface area contributed by atoms with Gasteiger partial charge in [-0.15, -0.1) is 0 Å². The van der Waals surface area contributed by atoms with E-state index in [-0.39, 0.29) is 17.4 Å². The van der Waals surface area contributed by atoms with Crippen LogP contribution in [-0.2, 0) is 9.59 Å². The summed E-state index contributed by atoms with van der Waals surface area (Å²) in [4.78, 5) is 25.5. The highest BCUT2D eigenvalue weighted by Gasteiger charge is 2.37. The smallest absolute Gasteiger partial charge is 0.234 e. The number of rotatable bonds is 5. The second-order valence-electron chi connectivity index (χ2n) is 8.29. The maximum atomic E-state index is 12.9. The fourth-order valence-corrected chi connectivity index (χ4v) is 5.18. The van der Waals surface area contributed by atoms with Gasteiger partial charge in [0.15, 0.2) is 5.78 Å². The molecule has 2 aromatic carbocycles. The van der Waals surface area contributed by atoms with Crippen LogP contribution >= 0.6 is 23.4 Å². The number of carbonyl (C=O) groups excluding carboxylic acids is 2. The molecule has 1 aliphatic heterocycles. The number of Topliss-reactive ketones (excluding diaryl/α,β-unsaturated/α-hetero) is 1. The number of halogens is 1. The standard InChI is InChI=1S/C26H24ClN3O2S/c1-15-6-9-17(10-7-15)24-19(13-28)26(30-21-4-3-5-22(31)25(21)24)33-14-23(32)29-18-11-8-16(2)20(27)12-18/h6-12,24,30H,3-5,14H2,1-2H3,(H,29,32)/t24-/m1/s1. The average molecular weight is 478 g/mol. The molecule has 0 bridgehead atoms. The lowest BCUT2D eigenvalue weighted by Gasteiger charge is -2.33.